The van der Waals surface area contributed by atoms with Gasteiger partial charge in [-0.2, -0.15) is 4.31 Å². The van der Waals surface area contributed by atoms with Crippen LogP contribution in [0.15, 0.2) is 53.4 Å². The van der Waals surface area contributed by atoms with Crippen LogP contribution in [0.3, 0.4) is 0 Å². The minimum Gasteiger partial charge on any atom is -0.325 e. The van der Waals surface area contributed by atoms with Gasteiger partial charge in [-0.15, -0.1) is 0 Å². The van der Waals surface area contributed by atoms with Gasteiger partial charge in [-0.3, -0.25) is 4.79 Å². The van der Waals surface area contributed by atoms with Crippen molar-refractivity contribution in [2.24, 2.45) is 5.92 Å². The Morgan fingerprint density at radius 3 is 2.39 bits per heavy atom. The van der Waals surface area contributed by atoms with Gasteiger partial charge in [-0.05, 0) is 54.7 Å². The van der Waals surface area contributed by atoms with Crippen molar-refractivity contribution in [2.45, 2.75) is 44.0 Å². The number of amides is 1. The number of piperidine rings is 1. The summed E-state index contributed by atoms with van der Waals surface area (Å²) >= 11 is 0. The molecule has 1 saturated heterocycles. The maximum atomic E-state index is 13.2. The molecule has 1 aliphatic heterocycles. The number of benzene rings is 2. The third-order valence-electron chi connectivity index (χ3n) is 5.45. The lowest BCUT2D eigenvalue weighted by molar-refractivity contribution is -0.115. The third kappa shape index (κ3) is 6.12. The van der Waals surface area contributed by atoms with E-state index in [-0.39, 0.29) is 35.1 Å². The van der Waals surface area contributed by atoms with Crippen LogP contribution < -0.4 is 10.6 Å². The molecule has 1 amide bonds. The molecule has 1 atom stereocenters. The summed E-state index contributed by atoms with van der Waals surface area (Å²) in [7, 11) is -3.56. The number of hydrogen-bond acceptors (Lipinski definition) is 4. The predicted molar refractivity (Wildman–Crippen MR) is 120 cm³/mol. The molecule has 168 valence electrons. The van der Waals surface area contributed by atoms with Crippen molar-refractivity contribution >= 4 is 21.6 Å². The highest BCUT2D eigenvalue weighted by Crippen LogP contribution is 2.24. The lowest BCUT2D eigenvalue weighted by Crippen LogP contribution is -2.35. The average molecular weight is 448 g/mol. The van der Waals surface area contributed by atoms with E-state index in [1.165, 1.54) is 22.5 Å². The second-order valence-corrected chi connectivity index (χ2v) is 10.1. The average Bonchev–Trinajstić information content (AvgIpc) is 2.75. The van der Waals surface area contributed by atoms with Crippen LogP contribution in [-0.4, -0.2) is 38.3 Å². The first-order valence-corrected chi connectivity index (χ1v) is 12.1. The number of carbonyl (C=O) groups excluding carboxylic acids is 1. The van der Waals surface area contributed by atoms with Gasteiger partial charge in [0, 0.05) is 24.8 Å². The van der Waals surface area contributed by atoms with Crippen molar-refractivity contribution < 1.29 is 17.6 Å². The zero-order valence-electron chi connectivity index (χ0n) is 18.0. The summed E-state index contributed by atoms with van der Waals surface area (Å²) in [5.74, 6) is -0.389. The van der Waals surface area contributed by atoms with Crippen LogP contribution >= 0.6 is 0 Å². The minimum absolute atomic E-state index is 0.0450. The number of rotatable bonds is 8. The van der Waals surface area contributed by atoms with Crippen LogP contribution in [0, 0.1) is 11.7 Å². The minimum atomic E-state index is -3.56. The number of anilines is 1. The summed E-state index contributed by atoms with van der Waals surface area (Å²) in [4.78, 5) is 12.7. The van der Waals surface area contributed by atoms with Crippen LogP contribution in [0.1, 0.15) is 44.7 Å². The van der Waals surface area contributed by atoms with Gasteiger partial charge in [0.15, 0.2) is 0 Å². The Labute approximate surface area is 183 Å². The summed E-state index contributed by atoms with van der Waals surface area (Å²) in [6.07, 6.45) is 2.78. The van der Waals surface area contributed by atoms with Gasteiger partial charge in [-0.25, -0.2) is 12.8 Å². The fourth-order valence-corrected chi connectivity index (χ4v) is 5.37. The van der Waals surface area contributed by atoms with Crippen molar-refractivity contribution in [3.05, 3.63) is 59.9 Å². The molecule has 2 aromatic carbocycles. The normalized spacial score (nSPS) is 16.3. The maximum absolute atomic E-state index is 13.2. The number of nitrogens with one attached hydrogen (secondary N) is 2. The Balaban J connectivity index is 1.63. The highest BCUT2D eigenvalue weighted by Gasteiger charge is 2.26. The first-order valence-electron chi connectivity index (χ1n) is 10.7. The number of halogens is 1. The zero-order chi connectivity index (χ0) is 22.4. The van der Waals surface area contributed by atoms with Crippen molar-refractivity contribution in [1.29, 1.82) is 0 Å². The Morgan fingerprint density at radius 2 is 1.74 bits per heavy atom. The quantitative estimate of drug-likeness (QED) is 0.643. The molecule has 1 fully saturated rings. The van der Waals surface area contributed by atoms with Crippen molar-refractivity contribution in [2.75, 3.05) is 25.0 Å². The highest BCUT2D eigenvalue weighted by atomic mass is 32.2. The molecule has 1 unspecified atom stereocenters. The molecule has 8 heteroatoms. The van der Waals surface area contributed by atoms with Crippen LogP contribution in [0.5, 0.6) is 0 Å². The molecule has 0 spiro atoms. The van der Waals surface area contributed by atoms with Gasteiger partial charge in [0.05, 0.1) is 11.4 Å². The summed E-state index contributed by atoms with van der Waals surface area (Å²) in [5.41, 5.74) is 1.34. The summed E-state index contributed by atoms with van der Waals surface area (Å²) in [6.45, 7) is 5.15. The van der Waals surface area contributed by atoms with Crippen molar-refractivity contribution in [3.63, 3.8) is 0 Å². The second-order valence-electron chi connectivity index (χ2n) is 8.19. The molecule has 2 N–H and O–H groups in total. The van der Waals surface area contributed by atoms with E-state index in [9.17, 15) is 17.6 Å². The maximum Gasteiger partial charge on any atom is 0.243 e. The molecular weight excluding hydrogens is 417 g/mol. The van der Waals surface area contributed by atoms with Gasteiger partial charge < -0.3 is 10.6 Å². The standard InChI is InChI=1S/C23H30FN3O3S/c1-17(2)23(18-9-11-19(24)12-10-18)25-16-22(28)26-20-7-6-8-21(15-20)31(29,30)27-13-4-3-5-14-27/h6-12,15,17,23,25H,3-5,13-14,16H2,1-2H3,(H,26,28). The monoisotopic (exact) mass is 447 g/mol. The smallest absolute Gasteiger partial charge is 0.243 e. The number of hydrogen-bond donors (Lipinski definition) is 2. The summed E-state index contributed by atoms with van der Waals surface area (Å²) in [6, 6.07) is 12.5. The van der Waals surface area contributed by atoms with E-state index in [2.05, 4.69) is 10.6 Å². The fourth-order valence-electron chi connectivity index (χ4n) is 3.81. The van der Waals surface area contributed by atoms with E-state index in [4.69, 9.17) is 0 Å². The molecule has 0 saturated carbocycles. The van der Waals surface area contributed by atoms with E-state index in [1.54, 1.807) is 30.3 Å². The second kappa shape index (κ2) is 10.3. The Hall–Kier alpha value is -2.29. The predicted octanol–water partition coefficient (Wildman–Crippen LogP) is 3.93. The fraction of sp³-hybridized carbons (Fsp3) is 0.435. The van der Waals surface area contributed by atoms with E-state index in [0.717, 1.165) is 24.8 Å². The Morgan fingerprint density at radius 1 is 1.06 bits per heavy atom. The highest BCUT2D eigenvalue weighted by molar-refractivity contribution is 7.89. The van der Waals surface area contributed by atoms with E-state index >= 15 is 0 Å². The van der Waals surface area contributed by atoms with Crippen LogP contribution in [-0.2, 0) is 14.8 Å². The Kier molecular flexibility index (Phi) is 7.80. The molecule has 0 bridgehead atoms. The van der Waals surface area contributed by atoms with Gasteiger partial charge in [0.2, 0.25) is 15.9 Å². The van der Waals surface area contributed by atoms with Gasteiger partial charge in [0.1, 0.15) is 5.82 Å². The van der Waals surface area contributed by atoms with Crippen LogP contribution in [0.4, 0.5) is 10.1 Å². The first-order chi connectivity index (χ1) is 14.8. The number of nitrogens with zero attached hydrogens (tertiary/aromatic N) is 1. The van der Waals surface area contributed by atoms with Crippen LogP contribution in [0.25, 0.3) is 0 Å². The van der Waals surface area contributed by atoms with Crippen molar-refractivity contribution in [3.8, 4) is 0 Å². The molecule has 3 rings (SSSR count). The molecule has 1 heterocycles. The molecule has 0 radical (unpaired) electrons. The van der Waals surface area contributed by atoms with E-state index < -0.39 is 10.0 Å². The SMILES string of the molecule is CC(C)C(NCC(=O)Nc1cccc(S(=O)(=O)N2CCCCC2)c1)c1ccc(F)cc1. The number of sulfonamides is 1. The van der Waals surface area contributed by atoms with Gasteiger partial charge in [0.25, 0.3) is 0 Å². The van der Waals surface area contributed by atoms with Crippen molar-refractivity contribution in [1.82, 2.24) is 9.62 Å². The largest absolute Gasteiger partial charge is 0.325 e. The van der Waals surface area contributed by atoms with Crippen LogP contribution in [0.2, 0.25) is 0 Å². The molecule has 6 nitrogen and oxygen atoms in total. The first kappa shape index (κ1) is 23.4. The molecule has 1 aliphatic rings. The lowest BCUT2D eigenvalue weighted by atomic mass is 9.96. The molecular formula is C23H30FN3O3S. The van der Waals surface area contributed by atoms with Gasteiger partial charge >= 0.3 is 0 Å². The summed E-state index contributed by atoms with van der Waals surface area (Å²) in [5, 5.41) is 5.98. The molecule has 31 heavy (non-hydrogen) atoms. The van der Waals surface area contributed by atoms with Gasteiger partial charge in [-0.1, -0.05) is 38.5 Å². The summed E-state index contributed by atoms with van der Waals surface area (Å²) < 4.78 is 40.5. The molecule has 0 aliphatic carbocycles. The molecule has 2 aromatic rings. The lowest BCUT2D eigenvalue weighted by Gasteiger charge is -2.26. The third-order valence-corrected chi connectivity index (χ3v) is 7.34. The molecule has 0 aromatic heterocycles. The Bertz CT molecular complexity index is 987. The van der Waals surface area contributed by atoms with E-state index in [1.807, 2.05) is 13.8 Å². The number of carbonyl (C=O) groups is 1. The topological polar surface area (TPSA) is 78.5 Å². The van der Waals surface area contributed by atoms with E-state index in [0.29, 0.717) is 18.8 Å². The zero-order valence-corrected chi connectivity index (χ0v) is 18.8.